The van der Waals surface area contributed by atoms with Gasteiger partial charge in [-0.05, 0) is 57.2 Å². The fourth-order valence-electron chi connectivity index (χ4n) is 6.67. The SMILES string of the molecule is CC(C)C(C)N(C)C.CCC.CCC(C)C(C(CC(=O)N1CCCC1C(OC)C(C)C)OC)N(C)C(=O)CNC=O.O=CNC(Cc1ccccc1)C(=O)NCCO. The van der Waals surface area contributed by atoms with Crippen LogP contribution in [0.1, 0.15) is 100.0 Å². The smallest absolute Gasteiger partial charge is 0.242 e. The molecule has 1 aromatic rings. The van der Waals surface area contributed by atoms with Crippen molar-refractivity contribution in [2.75, 3.05) is 61.6 Å². The Morgan fingerprint density at radius 1 is 0.931 bits per heavy atom. The van der Waals surface area contributed by atoms with Crippen LogP contribution in [0, 0.1) is 17.8 Å². The van der Waals surface area contributed by atoms with E-state index in [0.29, 0.717) is 31.2 Å². The summed E-state index contributed by atoms with van der Waals surface area (Å²) in [5.74, 6) is 0.741. The number of likely N-dealkylation sites (tertiary alicyclic amines) is 1. The minimum atomic E-state index is -0.610. The number of nitrogens with zero attached hydrogens (tertiary/aromatic N) is 3. The van der Waals surface area contributed by atoms with E-state index in [-0.39, 0.29) is 67.9 Å². The van der Waals surface area contributed by atoms with E-state index >= 15 is 0 Å². The summed E-state index contributed by atoms with van der Waals surface area (Å²) in [5.41, 5.74) is 0.964. The summed E-state index contributed by atoms with van der Waals surface area (Å²) in [7, 11) is 9.23. The van der Waals surface area contributed by atoms with Gasteiger partial charge in [0.2, 0.25) is 30.5 Å². The number of aliphatic hydroxyl groups excluding tert-OH is 1. The molecule has 1 fully saturated rings. The molecule has 1 aliphatic rings. The van der Waals surface area contributed by atoms with Crippen LogP contribution in [0.4, 0.5) is 0 Å². The highest BCUT2D eigenvalue weighted by Gasteiger charge is 2.39. The first-order chi connectivity index (χ1) is 27.5. The zero-order valence-corrected chi connectivity index (χ0v) is 38.5. The number of nitrogens with one attached hydrogen (secondary N) is 3. The van der Waals surface area contributed by atoms with Gasteiger partial charge in [-0.1, -0.05) is 98.6 Å². The second-order valence-electron chi connectivity index (χ2n) is 15.8. The molecule has 2 rings (SSSR count). The van der Waals surface area contributed by atoms with Crippen LogP contribution in [0.5, 0.6) is 0 Å². The van der Waals surface area contributed by atoms with E-state index in [1.165, 1.54) is 6.42 Å². The van der Waals surface area contributed by atoms with E-state index in [0.717, 1.165) is 37.3 Å². The zero-order valence-electron chi connectivity index (χ0n) is 38.5. The molecule has 1 aliphatic heterocycles. The third-order valence-corrected chi connectivity index (χ3v) is 10.5. The average Bonchev–Trinajstić information content (AvgIpc) is 3.68. The molecular formula is C44H82N6O8. The van der Waals surface area contributed by atoms with Crippen molar-refractivity contribution in [3.8, 4) is 0 Å². The minimum absolute atomic E-state index is 0.00137. The average molecular weight is 823 g/mol. The van der Waals surface area contributed by atoms with Crippen LogP contribution >= 0.6 is 0 Å². The van der Waals surface area contributed by atoms with Crippen LogP contribution in [-0.4, -0.2) is 148 Å². The number of carbonyl (C=O) groups excluding carboxylic acids is 5. The van der Waals surface area contributed by atoms with E-state index in [1.54, 1.807) is 26.2 Å². The maximum Gasteiger partial charge on any atom is 0.242 e. The summed E-state index contributed by atoms with van der Waals surface area (Å²) in [6, 6.07) is 9.30. The molecule has 0 aliphatic carbocycles. The van der Waals surface area contributed by atoms with Crippen LogP contribution in [0.15, 0.2) is 30.3 Å². The molecule has 7 unspecified atom stereocenters. The van der Waals surface area contributed by atoms with E-state index in [9.17, 15) is 24.0 Å². The summed E-state index contributed by atoms with van der Waals surface area (Å²) in [5, 5.41) is 16.0. The number of hydrogen-bond donors (Lipinski definition) is 4. The molecule has 0 bridgehead atoms. The van der Waals surface area contributed by atoms with Crippen LogP contribution in [0.2, 0.25) is 0 Å². The third-order valence-electron chi connectivity index (χ3n) is 10.5. The number of likely N-dealkylation sites (N-methyl/N-ethyl adjacent to an activating group) is 1. The Balaban J connectivity index is 0. The van der Waals surface area contributed by atoms with Gasteiger partial charge in [0, 0.05) is 46.8 Å². The van der Waals surface area contributed by atoms with E-state index in [2.05, 4.69) is 97.3 Å². The molecule has 336 valence electrons. The molecule has 0 spiro atoms. The highest BCUT2D eigenvalue weighted by molar-refractivity contribution is 5.84. The number of carbonyl (C=O) groups is 5. The molecule has 5 amide bonds. The van der Waals surface area contributed by atoms with E-state index in [4.69, 9.17) is 14.6 Å². The van der Waals surface area contributed by atoms with Gasteiger partial charge in [0.25, 0.3) is 0 Å². The summed E-state index contributed by atoms with van der Waals surface area (Å²) in [6.07, 6.45) is 5.20. The van der Waals surface area contributed by atoms with Crippen LogP contribution < -0.4 is 16.0 Å². The second kappa shape index (κ2) is 33.3. The van der Waals surface area contributed by atoms with Crippen LogP contribution in [0.25, 0.3) is 0 Å². The summed E-state index contributed by atoms with van der Waals surface area (Å²) in [4.78, 5) is 64.2. The van der Waals surface area contributed by atoms with Gasteiger partial charge in [-0.25, -0.2) is 0 Å². The van der Waals surface area contributed by atoms with Gasteiger partial charge in [0.1, 0.15) is 6.04 Å². The number of rotatable bonds is 22. The number of benzene rings is 1. The Morgan fingerprint density at radius 2 is 1.53 bits per heavy atom. The molecule has 1 saturated heterocycles. The lowest BCUT2D eigenvalue weighted by Crippen LogP contribution is -2.53. The molecule has 58 heavy (non-hydrogen) atoms. The summed E-state index contributed by atoms with van der Waals surface area (Å²) in [6.45, 7) is 20.0. The molecule has 14 heteroatoms. The molecule has 0 radical (unpaired) electrons. The van der Waals surface area contributed by atoms with Crippen molar-refractivity contribution in [1.82, 2.24) is 30.7 Å². The van der Waals surface area contributed by atoms with Crippen LogP contribution in [0.3, 0.4) is 0 Å². The van der Waals surface area contributed by atoms with E-state index < -0.39 is 12.1 Å². The molecule has 1 heterocycles. The third kappa shape index (κ3) is 22.0. The topological polar surface area (TPSA) is 170 Å². The monoisotopic (exact) mass is 823 g/mol. The van der Waals surface area contributed by atoms with Gasteiger partial charge in [-0.15, -0.1) is 0 Å². The van der Waals surface area contributed by atoms with E-state index in [1.807, 2.05) is 35.2 Å². The summed E-state index contributed by atoms with van der Waals surface area (Å²) < 4.78 is 11.5. The Hall–Kier alpha value is -3.59. The lowest BCUT2D eigenvalue weighted by atomic mass is 9.90. The lowest BCUT2D eigenvalue weighted by molar-refractivity contribution is -0.144. The number of methoxy groups -OCH3 is 2. The number of amides is 5. The molecule has 1 aromatic carbocycles. The molecular weight excluding hydrogens is 741 g/mol. The van der Waals surface area contributed by atoms with Crippen molar-refractivity contribution >= 4 is 30.5 Å². The molecule has 0 aromatic heterocycles. The first-order valence-corrected chi connectivity index (χ1v) is 21.0. The number of hydrogen-bond acceptors (Lipinski definition) is 9. The van der Waals surface area contributed by atoms with Gasteiger partial charge >= 0.3 is 0 Å². The Labute approximate surface area is 351 Å². The van der Waals surface area contributed by atoms with Gasteiger partial charge in [0.15, 0.2) is 0 Å². The largest absolute Gasteiger partial charge is 0.395 e. The van der Waals surface area contributed by atoms with Gasteiger partial charge in [-0.3, -0.25) is 24.0 Å². The highest BCUT2D eigenvalue weighted by Crippen LogP contribution is 2.28. The zero-order chi connectivity index (χ0) is 44.8. The van der Waals surface area contributed by atoms with Crippen LogP contribution in [-0.2, 0) is 39.9 Å². The predicted octanol–water partition coefficient (Wildman–Crippen LogP) is 4.13. The van der Waals surface area contributed by atoms with Crippen molar-refractivity contribution in [1.29, 1.82) is 0 Å². The maximum atomic E-state index is 13.3. The maximum absolute atomic E-state index is 13.3. The predicted molar refractivity (Wildman–Crippen MR) is 233 cm³/mol. The molecule has 14 nitrogen and oxygen atoms in total. The summed E-state index contributed by atoms with van der Waals surface area (Å²) >= 11 is 0. The highest BCUT2D eigenvalue weighted by atomic mass is 16.5. The molecule has 4 N–H and O–H groups in total. The second-order valence-corrected chi connectivity index (χ2v) is 15.8. The van der Waals surface area contributed by atoms with Crippen molar-refractivity contribution in [2.45, 2.75) is 137 Å². The Bertz CT molecular complexity index is 1230. The lowest BCUT2D eigenvalue weighted by Gasteiger charge is -2.39. The Morgan fingerprint density at radius 3 is 1.97 bits per heavy atom. The van der Waals surface area contributed by atoms with Gasteiger partial charge < -0.3 is 45.2 Å². The van der Waals surface area contributed by atoms with Gasteiger partial charge in [0.05, 0.1) is 43.9 Å². The normalized spacial score (nSPS) is 16.4. The first kappa shape index (κ1) is 56.5. The van der Waals surface area contributed by atoms with Crippen molar-refractivity contribution in [3.63, 3.8) is 0 Å². The molecule has 7 atom stereocenters. The van der Waals surface area contributed by atoms with Gasteiger partial charge in [-0.2, -0.15) is 0 Å². The fraction of sp³-hybridized carbons (Fsp3) is 0.750. The minimum Gasteiger partial charge on any atom is -0.395 e. The standard InChI is InChI=1S/C22H41N3O5.C12H16N2O3.C7H17N.C3H8/c1-8-16(4)21(24(5)20(28)13-23-14-26)18(29-6)12-19(27)25-11-9-10-17(25)22(30-7)15(2)3;15-7-6-13-12(17)11(14-9-16)8-10-4-2-1-3-5-10;1-6(2)7(3)8(4)5;1-3-2/h14-18,21-22H,8-13H2,1-7H3,(H,23,26);1-5,9,11,15H,6-8H2,(H,13,17)(H,14,16);6-7H,1-5H3;3H2,1-2H3. The number of ether oxygens (including phenoxy) is 2. The fourth-order valence-corrected chi connectivity index (χ4v) is 6.67. The first-order valence-electron chi connectivity index (χ1n) is 21.0. The Kier molecular flexibility index (Phi) is 32.4. The number of aliphatic hydroxyl groups is 1. The van der Waals surface area contributed by atoms with Crippen molar-refractivity contribution in [2.24, 2.45) is 17.8 Å². The van der Waals surface area contributed by atoms with Crippen molar-refractivity contribution < 1.29 is 38.6 Å². The quantitative estimate of drug-likeness (QED) is 0.126. The molecule has 0 saturated carbocycles. The van der Waals surface area contributed by atoms with Crippen molar-refractivity contribution in [3.05, 3.63) is 35.9 Å².